The summed E-state index contributed by atoms with van der Waals surface area (Å²) in [7, 11) is 0. The van der Waals surface area contributed by atoms with Gasteiger partial charge in [0, 0.05) is 80.8 Å². The smallest absolute Gasteiger partial charge is 0.261 e. The van der Waals surface area contributed by atoms with Gasteiger partial charge < -0.3 is 29.1 Å². The summed E-state index contributed by atoms with van der Waals surface area (Å²) < 4.78 is 15.6. The molecule has 75 heavy (non-hydrogen) atoms. The number of benzene rings is 9. The molecule has 2 fully saturated rings. The summed E-state index contributed by atoms with van der Waals surface area (Å²) in [6, 6.07) is 67.9. The lowest BCUT2D eigenvalue weighted by molar-refractivity contribution is 0.402. The van der Waals surface area contributed by atoms with E-state index in [2.05, 4.69) is 196 Å². The van der Waals surface area contributed by atoms with Crippen molar-refractivity contribution < 1.29 is 9.47 Å². The highest BCUT2D eigenvalue weighted by Gasteiger charge is 2.55. The first-order valence-corrected chi connectivity index (χ1v) is 27.9. The van der Waals surface area contributed by atoms with Crippen molar-refractivity contribution >= 4 is 126 Å². The van der Waals surface area contributed by atoms with Crippen molar-refractivity contribution in [3.8, 4) is 23.0 Å². The highest BCUT2D eigenvalue weighted by atomic mass is 16.5. The Kier molecular flexibility index (Phi) is 7.76. The Morgan fingerprint density at radius 3 is 1.25 bits per heavy atom. The first-order chi connectivity index (χ1) is 37.3. The first kappa shape index (κ1) is 40.4. The molecule has 6 nitrogen and oxygen atoms in total. The van der Waals surface area contributed by atoms with Crippen LogP contribution in [0.2, 0.25) is 0 Å². The van der Waals surface area contributed by atoms with E-state index in [1.54, 1.807) is 0 Å². The van der Waals surface area contributed by atoms with Gasteiger partial charge in [0.25, 0.3) is 20.1 Å². The molecule has 0 spiro atoms. The molecule has 2 aliphatic carbocycles. The van der Waals surface area contributed by atoms with E-state index in [9.17, 15) is 0 Å². The zero-order valence-electron chi connectivity index (χ0n) is 41.5. The average molecular weight is 963 g/mol. The van der Waals surface area contributed by atoms with Gasteiger partial charge in [-0.2, -0.15) is 0 Å². The molecule has 0 amide bonds. The van der Waals surface area contributed by atoms with Crippen LogP contribution >= 0.6 is 0 Å². The van der Waals surface area contributed by atoms with Crippen LogP contribution in [0.3, 0.4) is 0 Å². The SMILES string of the molecule is c1ccc(N2c3cccc4c3B(c3c2ccc2c3Oc3cccc5c3B2c2cccc3c2N5C2CCCCC32)c2c(ccc3c2Oc2cccc5c2B3c2cccc3c2N5C2CCCCC32)N4c2ccccc2)cc1. The summed E-state index contributed by atoms with van der Waals surface area (Å²) >= 11 is 0. The molecule has 0 bridgehead atoms. The van der Waals surface area contributed by atoms with Crippen molar-refractivity contribution in [1.29, 1.82) is 0 Å². The molecule has 19 rings (SSSR count). The van der Waals surface area contributed by atoms with E-state index in [1.807, 2.05) is 0 Å². The number of rotatable bonds is 2. The van der Waals surface area contributed by atoms with Gasteiger partial charge in [0.2, 0.25) is 0 Å². The largest absolute Gasteiger partial charge is 0.459 e. The van der Waals surface area contributed by atoms with Crippen LogP contribution in [0.15, 0.2) is 176 Å². The first-order valence-electron chi connectivity index (χ1n) is 27.9. The van der Waals surface area contributed by atoms with E-state index in [-0.39, 0.29) is 20.1 Å². The number of para-hydroxylation sites is 4. The van der Waals surface area contributed by atoms with Crippen LogP contribution in [0.25, 0.3) is 0 Å². The van der Waals surface area contributed by atoms with Crippen LogP contribution in [-0.2, 0) is 0 Å². The Hall–Kier alpha value is -8.03. The number of anilines is 10. The second-order valence-corrected chi connectivity index (χ2v) is 23.0. The summed E-state index contributed by atoms with van der Waals surface area (Å²) in [6.45, 7) is -0.209. The maximum Gasteiger partial charge on any atom is 0.261 e. The molecule has 9 aromatic rings. The van der Waals surface area contributed by atoms with E-state index in [0.717, 1.165) is 45.7 Å². The lowest BCUT2D eigenvalue weighted by Crippen LogP contribution is -2.67. The number of ether oxygens (including phenoxy) is 2. The minimum Gasteiger partial charge on any atom is -0.459 e. The minimum atomic E-state index is -0.241. The Bertz CT molecular complexity index is 3780. The maximum atomic E-state index is 7.78. The fraction of sp³-hybridized carbons (Fsp3) is 0.182. The molecule has 0 N–H and O–H groups in total. The molecule has 4 atom stereocenters. The standard InChI is InChI=1S/C66H49B3N4O2/c1-3-16-38(17-4-1)70-50-28-13-29-51-58(50)69(61-54(70)36-34-46-65(61)74-56-32-14-30-52-59(56)67(46)44-24-11-22-42-40-20-7-9-26-48(40)72(52)63(42)44)62-55(71(51)39-18-5-2-6-19-39)37-35-47-66(62)75-57-33-15-31-53-60(57)68(47)45-25-12-23-43-41-21-8-10-27-49(41)73(53)64(43)45/h1-6,11-19,22-25,28-37,40-41,48-49H,7-10,20-21,26-27H2. The van der Waals surface area contributed by atoms with Crippen molar-refractivity contribution in [3.63, 3.8) is 0 Å². The van der Waals surface area contributed by atoms with Gasteiger partial charge in [-0.05, 0) is 159 Å². The van der Waals surface area contributed by atoms with Crippen LogP contribution in [0.5, 0.6) is 23.0 Å². The third-order valence-electron chi connectivity index (χ3n) is 19.8. The molecule has 4 unspecified atom stereocenters. The lowest BCUT2D eigenvalue weighted by Gasteiger charge is -2.47. The van der Waals surface area contributed by atoms with Crippen LogP contribution < -0.4 is 78.2 Å². The molecule has 9 heteroatoms. The Balaban J connectivity index is 0.907. The van der Waals surface area contributed by atoms with Gasteiger partial charge in [0.05, 0.1) is 0 Å². The lowest BCUT2D eigenvalue weighted by atomic mass is 9.28. The van der Waals surface area contributed by atoms with Gasteiger partial charge >= 0.3 is 0 Å². The van der Waals surface area contributed by atoms with Crippen molar-refractivity contribution in [2.24, 2.45) is 0 Å². The predicted molar refractivity (Wildman–Crippen MR) is 310 cm³/mol. The Morgan fingerprint density at radius 1 is 0.333 bits per heavy atom. The molecule has 0 saturated heterocycles. The molecule has 2 saturated carbocycles. The molecule has 0 radical (unpaired) electrons. The van der Waals surface area contributed by atoms with Crippen molar-refractivity contribution in [1.82, 2.24) is 0 Å². The molecule has 354 valence electrons. The minimum absolute atomic E-state index is 0.0163. The molecule has 0 aromatic heterocycles. The Morgan fingerprint density at radius 2 is 0.760 bits per heavy atom. The summed E-state index contributed by atoms with van der Waals surface area (Å²) in [5, 5.41) is 0. The number of fused-ring (bicyclic) bond motifs is 20. The maximum absolute atomic E-state index is 7.78. The van der Waals surface area contributed by atoms with Crippen molar-refractivity contribution in [2.45, 2.75) is 75.3 Å². The number of hydrogen-bond acceptors (Lipinski definition) is 6. The van der Waals surface area contributed by atoms with Gasteiger partial charge in [0.15, 0.2) is 0 Å². The summed E-state index contributed by atoms with van der Waals surface area (Å²) in [5.41, 5.74) is 27.1. The molecule has 8 aliphatic heterocycles. The summed E-state index contributed by atoms with van der Waals surface area (Å²) in [4.78, 5) is 10.5. The molecule has 10 aliphatic rings. The highest BCUT2D eigenvalue weighted by molar-refractivity contribution is 7.05. The van der Waals surface area contributed by atoms with E-state index >= 15 is 0 Å². The van der Waals surface area contributed by atoms with Crippen LogP contribution in [0, 0.1) is 0 Å². The van der Waals surface area contributed by atoms with E-state index in [0.29, 0.717) is 23.9 Å². The Labute approximate surface area is 438 Å². The summed E-state index contributed by atoms with van der Waals surface area (Å²) in [6.07, 6.45) is 10.1. The second-order valence-electron chi connectivity index (χ2n) is 23.0. The topological polar surface area (TPSA) is 31.4 Å². The fourth-order valence-electron chi connectivity index (χ4n) is 17.2. The molecule has 9 aromatic carbocycles. The van der Waals surface area contributed by atoms with E-state index in [4.69, 9.17) is 9.47 Å². The van der Waals surface area contributed by atoms with Crippen LogP contribution in [0.4, 0.5) is 56.9 Å². The number of hydrogen-bond donors (Lipinski definition) is 0. The predicted octanol–water partition coefficient (Wildman–Crippen LogP) is 10.00. The van der Waals surface area contributed by atoms with Crippen molar-refractivity contribution in [2.75, 3.05) is 19.6 Å². The van der Waals surface area contributed by atoms with Gasteiger partial charge in [0.1, 0.15) is 23.0 Å². The molecular formula is C66H49B3N4O2. The highest BCUT2D eigenvalue weighted by Crippen LogP contribution is 2.55. The van der Waals surface area contributed by atoms with Crippen LogP contribution in [-0.4, -0.2) is 32.2 Å². The average Bonchev–Trinajstić information content (AvgIpc) is 4.00. The van der Waals surface area contributed by atoms with Crippen LogP contribution in [0.1, 0.15) is 74.3 Å². The van der Waals surface area contributed by atoms with Gasteiger partial charge in [-0.3, -0.25) is 0 Å². The second kappa shape index (κ2) is 14.4. The fourth-order valence-corrected chi connectivity index (χ4v) is 17.2. The van der Waals surface area contributed by atoms with Gasteiger partial charge in [-0.25, -0.2) is 0 Å². The normalized spacial score (nSPS) is 21.2. The van der Waals surface area contributed by atoms with E-state index in [1.165, 1.54) is 146 Å². The third-order valence-corrected chi connectivity index (χ3v) is 19.8. The van der Waals surface area contributed by atoms with Crippen molar-refractivity contribution in [3.05, 3.63) is 187 Å². The van der Waals surface area contributed by atoms with E-state index < -0.39 is 0 Å². The monoisotopic (exact) mass is 962 g/mol. The third kappa shape index (κ3) is 4.93. The van der Waals surface area contributed by atoms with Gasteiger partial charge in [-0.15, -0.1) is 0 Å². The molecule has 8 heterocycles. The quantitative estimate of drug-likeness (QED) is 0.161. The van der Waals surface area contributed by atoms with Gasteiger partial charge in [-0.1, -0.05) is 129 Å². The molecular weight excluding hydrogens is 913 g/mol. The zero-order valence-corrected chi connectivity index (χ0v) is 41.5. The number of nitrogens with zero attached hydrogens (tertiary/aromatic N) is 4. The zero-order chi connectivity index (χ0) is 48.4. The summed E-state index contributed by atoms with van der Waals surface area (Å²) in [5.74, 6) is 4.99.